The third kappa shape index (κ3) is 3.05. The first-order chi connectivity index (χ1) is 14.9. The van der Waals surface area contributed by atoms with Crippen LogP contribution in [-0.2, 0) is 0 Å². The van der Waals surface area contributed by atoms with E-state index in [0.717, 1.165) is 46.7 Å². The van der Waals surface area contributed by atoms with E-state index in [2.05, 4.69) is 22.0 Å². The van der Waals surface area contributed by atoms with Crippen LogP contribution in [0.1, 0.15) is 48.6 Å². The minimum Gasteiger partial charge on any atom is -0.306 e. The molecule has 0 radical (unpaired) electrons. The van der Waals surface area contributed by atoms with Crippen molar-refractivity contribution in [2.75, 3.05) is 20.1 Å². The van der Waals surface area contributed by atoms with Crippen molar-refractivity contribution < 1.29 is 4.39 Å². The first-order valence-corrected chi connectivity index (χ1v) is 11.1. The molecule has 0 bridgehead atoms. The summed E-state index contributed by atoms with van der Waals surface area (Å²) in [5, 5.41) is 4.66. The zero-order valence-electron chi connectivity index (χ0n) is 18.3. The Bertz CT molecular complexity index is 1320. The third-order valence-corrected chi connectivity index (χ3v) is 7.30. The molecule has 2 aliphatic rings. The van der Waals surface area contributed by atoms with Gasteiger partial charge in [-0.05, 0) is 76.2 Å². The van der Waals surface area contributed by atoms with E-state index >= 15 is 4.39 Å². The van der Waals surface area contributed by atoms with Crippen LogP contribution < -0.4 is 0 Å². The van der Waals surface area contributed by atoms with Crippen LogP contribution in [-0.4, -0.2) is 49.0 Å². The van der Waals surface area contributed by atoms with Crippen molar-refractivity contribution in [3.8, 4) is 11.3 Å². The summed E-state index contributed by atoms with van der Waals surface area (Å²) in [5.41, 5.74) is 6.09. The average molecular weight is 419 g/mol. The summed E-state index contributed by atoms with van der Waals surface area (Å²) in [4.78, 5) is 11.7. The zero-order valence-corrected chi connectivity index (χ0v) is 18.3. The zero-order chi connectivity index (χ0) is 21.3. The quantitative estimate of drug-likeness (QED) is 0.485. The maximum absolute atomic E-state index is 15.1. The highest BCUT2D eigenvalue weighted by Gasteiger charge is 2.44. The van der Waals surface area contributed by atoms with Crippen molar-refractivity contribution in [1.29, 1.82) is 0 Å². The van der Waals surface area contributed by atoms with Crippen LogP contribution in [0.5, 0.6) is 0 Å². The van der Waals surface area contributed by atoms with E-state index in [1.807, 2.05) is 42.9 Å². The number of likely N-dealkylation sites (tertiary alicyclic amines) is 1. The minimum atomic E-state index is -0.307. The Labute approximate surface area is 180 Å². The van der Waals surface area contributed by atoms with Crippen LogP contribution in [0.25, 0.3) is 22.6 Å². The molecule has 2 fully saturated rings. The van der Waals surface area contributed by atoms with E-state index in [1.165, 1.54) is 25.9 Å². The Hall–Kier alpha value is -2.80. The maximum atomic E-state index is 15.1. The van der Waals surface area contributed by atoms with E-state index in [-0.39, 0.29) is 5.82 Å². The van der Waals surface area contributed by atoms with Crippen LogP contribution in [0.3, 0.4) is 0 Å². The molecule has 1 aliphatic heterocycles. The molecule has 4 aromatic heterocycles. The summed E-state index contributed by atoms with van der Waals surface area (Å²) in [6.45, 7) is 6.32. The molecule has 6 rings (SSSR count). The number of pyridine rings is 1. The molecule has 2 atom stereocenters. The lowest BCUT2D eigenvalue weighted by Crippen LogP contribution is -2.22. The van der Waals surface area contributed by atoms with Crippen LogP contribution in [0.4, 0.5) is 4.39 Å². The van der Waals surface area contributed by atoms with Gasteiger partial charge >= 0.3 is 0 Å². The van der Waals surface area contributed by atoms with Crippen LogP contribution >= 0.6 is 0 Å². The van der Waals surface area contributed by atoms with Crippen molar-refractivity contribution in [2.24, 2.45) is 5.41 Å². The summed E-state index contributed by atoms with van der Waals surface area (Å²) in [7, 11) is 2.21. The minimum absolute atomic E-state index is 0.307. The fraction of sp³-hybridized carbons (Fsp3) is 0.458. The van der Waals surface area contributed by atoms with Crippen LogP contribution in [0.15, 0.2) is 30.7 Å². The number of imidazole rings is 2. The van der Waals surface area contributed by atoms with Gasteiger partial charge in [0, 0.05) is 30.4 Å². The molecule has 0 N–H and O–H groups in total. The molecule has 160 valence electrons. The number of aromatic nitrogens is 5. The van der Waals surface area contributed by atoms with Gasteiger partial charge in [-0.15, -0.1) is 0 Å². The molecular formula is C24H27FN6. The van der Waals surface area contributed by atoms with Gasteiger partial charge in [0.15, 0.2) is 17.1 Å². The number of hydrogen-bond donors (Lipinski definition) is 0. The fourth-order valence-corrected chi connectivity index (χ4v) is 5.79. The van der Waals surface area contributed by atoms with E-state index in [0.29, 0.717) is 17.0 Å². The second kappa shape index (κ2) is 6.60. The van der Waals surface area contributed by atoms with Gasteiger partial charge in [0.25, 0.3) is 0 Å². The Morgan fingerprint density at radius 2 is 1.94 bits per heavy atom. The third-order valence-electron chi connectivity index (χ3n) is 7.30. The van der Waals surface area contributed by atoms with Crippen LogP contribution in [0, 0.1) is 25.1 Å². The number of hydrogen-bond acceptors (Lipinski definition) is 4. The first kappa shape index (κ1) is 18.9. The predicted molar refractivity (Wildman–Crippen MR) is 118 cm³/mol. The van der Waals surface area contributed by atoms with Crippen molar-refractivity contribution in [2.45, 2.75) is 45.4 Å². The summed E-state index contributed by atoms with van der Waals surface area (Å²) in [5.74, 6) is 0.110. The van der Waals surface area contributed by atoms with Crippen molar-refractivity contribution in [3.63, 3.8) is 0 Å². The van der Waals surface area contributed by atoms with Gasteiger partial charge in [0.2, 0.25) is 0 Å². The molecule has 1 spiro atoms. The standard InChI is InChI=1S/C24H27FN6/c1-15-8-20(28-31-11-16(2)26-22(15)31)18-9-19(25)23-27-21(13-30(23)12-18)17-4-5-24(10-17)6-7-29(3)14-24/h8-9,11-13,17H,4-7,10,14H2,1-3H3. The lowest BCUT2D eigenvalue weighted by molar-refractivity contribution is 0.286. The maximum Gasteiger partial charge on any atom is 0.173 e. The molecular weight excluding hydrogens is 391 g/mol. The molecule has 2 unspecified atom stereocenters. The number of rotatable bonds is 2. The highest BCUT2D eigenvalue weighted by molar-refractivity contribution is 5.64. The SMILES string of the molecule is Cc1cn2nc(-c3cc(F)c4nc(C5CCC6(CCN(C)C6)C5)cn4c3)cc(C)c2n1. The molecule has 1 saturated carbocycles. The van der Waals surface area contributed by atoms with E-state index < -0.39 is 0 Å². The van der Waals surface area contributed by atoms with Gasteiger partial charge < -0.3 is 9.30 Å². The molecule has 1 saturated heterocycles. The van der Waals surface area contributed by atoms with E-state index in [9.17, 15) is 0 Å². The van der Waals surface area contributed by atoms with Crippen LogP contribution in [0.2, 0.25) is 0 Å². The van der Waals surface area contributed by atoms with Gasteiger partial charge in [-0.2, -0.15) is 5.10 Å². The van der Waals surface area contributed by atoms with Crippen molar-refractivity contribution >= 4 is 11.3 Å². The normalized spacial score (nSPS) is 24.3. The summed E-state index contributed by atoms with van der Waals surface area (Å²) >= 11 is 0. The Kier molecular flexibility index (Phi) is 4.03. The fourth-order valence-electron chi connectivity index (χ4n) is 5.79. The van der Waals surface area contributed by atoms with Crippen molar-refractivity contribution in [3.05, 3.63) is 53.5 Å². The smallest absolute Gasteiger partial charge is 0.173 e. The molecule has 4 aromatic rings. The Morgan fingerprint density at radius 1 is 1.06 bits per heavy atom. The van der Waals surface area contributed by atoms with Gasteiger partial charge in [0.1, 0.15) is 0 Å². The first-order valence-electron chi connectivity index (χ1n) is 11.1. The lowest BCUT2D eigenvalue weighted by atomic mass is 9.84. The molecule has 0 amide bonds. The van der Waals surface area contributed by atoms with Gasteiger partial charge in [-0.1, -0.05) is 0 Å². The van der Waals surface area contributed by atoms with Gasteiger partial charge in [0.05, 0.1) is 23.3 Å². The monoisotopic (exact) mass is 418 g/mol. The summed E-state index contributed by atoms with van der Waals surface area (Å²) < 4.78 is 18.7. The number of halogens is 1. The highest BCUT2D eigenvalue weighted by Crippen LogP contribution is 2.51. The molecule has 6 nitrogen and oxygen atoms in total. The largest absolute Gasteiger partial charge is 0.306 e. The number of fused-ring (bicyclic) bond motifs is 2. The van der Waals surface area contributed by atoms with Gasteiger partial charge in [-0.25, -0.2) is 18.9 Å². The molecule has 5 heterocycles. The predicted octanol–water partition coefficient (Wildman–Crippen LogP) is 4.39. The molecule has 7 heteroatoms. The Balaban J connectivity index is 1.37. The van der Waals surface area contributed by atoms with E-state index in [4.69, 9.17) is 4.98 Å². The van der Waals surface area contributed by atoms with E-state index in [1.54, 1.807) is 10.6 Å². The summed E-state index contributed by atoms with van der Waals surface area (Å²) in [6, 6.07) is 3.52. The number of nitrogens with zero attached hydrogens (tertiary/aromatic N) is 6. The average Bonchev–Trinajstić information content (AvgIpc) is 3.48. The molecule has 1 aliphatic carbocycles. The summed E-state index contributed by atoms with van der Waals surface area (Å²) in [6.07, 6.45) is 10.7. The molecule has 31 heavy (non-hydrogen) atoms. The molecule has 0 aromatic carbocycles. The van der Waals surface area contributed by atoms with Gasteiger partial charge in [-0.3, -0.25) is 0 Å². The second-order valence-corrected chi connectivity index (χ2v) is 9.76. The lowest BCUT2D eigenvalue weighted by Gasteiger charge is -2.22. The van der Waals surface area contributed by atoms with Crippen molar-refractivity contribution in [1.82, 2.24) is 28.9 Å². The Morgan fingerprint density at radius 3 is 2.74 bits per heavy atom. The topological polar surface area (TPSA) is 50.7 Å². The second-order valence-electron chi connectivity index (χ2n) is 9.76. The number of aryl methyl sites for hydroxylation is 2. The highest BCUT2D eigenvalue weighted by atomic mass is 19.1.